The zero-order valence-electron chi connectivity index (χ0n) is 12.8. The third kappa shape index (κ3) is 2.97. The van der Waals surface area contributed by atoms with Crippen LogP contribution in [0, 0.1) is 0 Å². The molecule has 8 heteroatoms. The van der Waals surface area contributed by atoms with Crippen molar-refractivity contribution in [2.75, 3.05) is 10.6 Å². The molecule has 25 heavy (non-hydrogen) atoms. The highest BCUT2D eigenvalue weighted by molar-refractivity contribution is 6.32. The Hall–Kier alpha value is -3.19. The number of hydrogen-bond donors (Lipinski definition) is 3. The molecule has 0 saturated heterocycles. The number of nitrogens with zero attached hydrogens (tertiary/aromatic N) is 3. The minimum atomic E-state index is -0.136. The zero-order chi connectivity index (χ0) is 17.4. The van der Waals surface area contributed by atoms with Gasteiger partial charge in [0.1, 0.15) is 17.1 Å². The fourth-order valence-corrected chi connectivity index (χ4v) is 2.76. The van der Waals surface area contributed by atoms with E-state index in [1.54, 1.807) is 36.7 Å². The highest BCUT2D eigenvalue weighted by Gasteiger charge is 2.21. The number of benzene rings is 1. The first kappa shape index (κ1) is 15.3. The highest BCUT2D eigenvalue weighted by Crippen LogP contribution is 2.32. The van der Waals surface area contributed by atoms with E-state index in [9.17, 15) is 9.90 Å². The summed E-state index contributed by atoms with van der Waals surface area (Å²) in [5.74, 6) is 0.201. The van der Waals surface area contributed by atoms with Crippen LogP contribution in [0.3, 0.4) is 0 Å². The average Bonchev–Trinajstić information content (AvgIpc) is 2.73. The van der Waals surface area contributed by atoms with Gasteiger partial charge in [0.05, 0.1) is 17.1 Å². The van der Waals surface area contributed by atoms with Crippen LogP contribution in [0.5, 0.6) is 5.75 Å². The molecule has 0 atom stereocenters. The summed E-state index contributed by atoms with van der Waals surface area (Å²) < 4.78 is 0. The molecule has 0 spiro atoms. The standard InChI is InChI=1S/C17H12ClN5O2/c18-11-7-10(3-4-13(11)24)21-17-20-8-9-6-14(25)22-12-2-1-5-19-16(12)15(9)23-17/h1-5,7-8,24H,6H2,(H,22,25)(H,20,21,23). The lowest BCUT2D eigenvalue weighted by atomic mass is 10.1. The lowest BCUT2D eigenvalue weighted by Gasteiger charge is -2.10. The Balaban J connectivity index is 1.76. The number of aromatic hydroxyl groups is 1. The van der Waals surface area contributed by atoms with Gasteiger partial charge in [-0.15, -0.1) is 0 Å². The average molecular weight is 354 g/mol. The second-order valence-corrected chi connectivity index (χ2v) is 5.89. The third-order valence-electron chi connectivity index (χ3n) is 3.73. The Morgan fingerprint density at radius 1 is 1.20 bits per heavy atom. The van der Waals surface area contributed by atoms with Gasteiger partial charge in [-0.3, -0.25) is 9.78 Å². The summed E-state index contributed by atoms with van der Waals surface area (Å²) in [5.41, 5.74) is 3.13. The van der Waals surface area contributed by atoms with Gasteiger partial charge in [-0.1, -0.05) is 11.6 Å². The molecule has 0 aliphatic carbocycles. The van der Waals surface area contributed by atoms with Gasteiger partial charge in [-0.25, -0.2) is 9.97 Å². The Labute approximate surface area is 147 Å². The van der Waals surface area contributed by atoms with Gasteiger partial charge in [0, 0.05) is 23.6 Å². The minimum Gasteiger partial charge on any atom is -0.506 e. The molecule has 4 rings (SSSR count). The SMILES string of the molecule is O=C1Cc2cnc(Nc3ccc(O)c(Cl)c3)nc2-c2ncccc2N1. The van der Waals surface area contributed by atoms with E-state index in [0.29, 0.717) is 34.3 Å². The molecular formula is C17H12ClN5O2. The summed E-state index contributed by atoms with van der Waals surface area (Å²) in [6.07, 6.45) is 3.43. The van der Waals surface area contributed by atoms with Gasteiger partial charge in [-0.05, 0) is 30.3 Å². The second kappa shape index (κ2) is 6.03. The molecule has 1 amide bonds. The van der Waals surface area contributed by atoms with Crippen molar-refractivity contribution in [2.45, 2.75) is 6.42 Å². The van der Waals surface area contributed by atoms with Crippen molar-refractivity contribution in [3.05, 3.63) is 53.3 Å². The number of fused-ring (bicyclic) bond motifs is 3. The maximum atomic E-state index is 12.0. The van der Waals surface area contributed by atoms with Crippen molar-refractivity contribution < 1.29 is 9.90 Å². The summed E-state index contributed by atoms with van der Waals surface area (Å²) in [7, 11) is 0. The van der Waals surface area contributed by atoms with E-state index in [1.165, 1.54) is 6.07 Å². The Morgan fingerprint density at radius 3 is 2.92 bits per heavy atom. The van der Waals surface area contributed by atoms with Crippen molar-refractivity contribution >= 4 is 34.8 Å². The van der Waals surface area contributed by atoms with Crippen molar-refractivity contribution in [3.8, 4) is 17.1 Å². The normalized spacial score (nSPS) is 12.6. The van der Waals surface area contributed by atoms with E-state index in [-0.39, 0.29) is 23.1 Å². The van der Waals surface area contributed by atoms with Gasteiger partial charge in [0.2, 0.25) is 11.9 Å². The van der Waals surface area contributed by atoms with Gasteiger partial charge < -0.3 is 15.7 Å². The predicted molar refractivity (Wildman–Crippen MR) is 94.0 cm³/mol. The van der Waals surface area contributed by atoms with Gasteiger partial charge in [0.25, 0.3) is 0 Å². The van der Waals surface area contributed by atoms with Crippen LogP contribution in [0.15, 0.2) is 42.7 Å². The van der Waals surface area contributed by atoms with Gasteiger partial charge >= 0.3 is 0 Å². The molecule has 3 aromatic rings. The first-order valence-electron chi connectivity index (χ1n) is 7.47. The summed E-state index contributed by atoms with van der Waals surface area (Å²) >= 11 is 5.91. The molecule has 0 saturated carbocycles. The van der Waals surface area contributed by atoms with Crippen molar-refractivity contribution in [3.63, 3.8) is 0 Å². The smallest absolute Gasteiger partial charge is 0.228 e. The van der Waals surface area contributed by atoms with E-state index >= 15 is 0 Å². The number of rotatable bonds is 2. The monoisotopic (exact) mass is 353 g/mol. The number of pyridine rings is 1. The van der Waals surface area contributed by atoms with Crippen molar-refractivity contribution in [1.82, 2.24) is 15.0 Å². The third-order valence-corrected chi connectivity index (χ3v) is 4.03. The van der Waals surface area contributed by atoms with Crippen LogP contribution in [0.2, 0.25) is 5.02 Å². The maximum Gasteiger partial charge on any atom is 0.228 e. The molecule has 2 aromatic heterocycles. The molecule has 0 radical (unpaired) electrons. The fraction of sp³-hybridized carbons (Fsp3) is 0.0588. The lowest BCUT2D eigenvalue weighted by Crippen LogP contribution is -2.12. The lowest BCUT2D eigenvalue weighted by molar-refractivity contribution is -0.115. The van der Waals surface area contributed by atoms with E-state index < -0.39 is 0 Å². The number of carbonyl (C=O) groups excluding carboxylic acids is 1. The van der Waals surface area contributed by atoms with Crippen LogP contribution in [0.4, 0.5) is 17.3 Å². The van der Waals surface area contributed by atoms with Gasteiger partial charge in [0.15, 0.2) is 0 Å². The predicted octanol–water partition coefficient (Wildman–Crippen LogP) is 3.14. The number of aromatic nitrogens is 3. The quantitative estimate of drug-likeness (QED) is 0.612. The molecule has 3 heterocycles. The molecular weight excluding hydrogens is 342 g/mol. The van der Waals surface area contributed by atoms with E-state index in [0.717, 1.165) is 0 Å². The summed E-state index contributed by atoms with van der Waals surface area (Å²) in [6.45, 7) is 0. The molecule has 1 aliphatic rings. The molecule has 124 valence electrons. The van der Waals surface area contributed by atoms with Crippen LogP contribution in [-0.4, -0.2) is 26.0 Å². The highest BCUT2D eigenvalue weighted by atomic mass is 35.5. The number of halogens is 1. The topological polar surface area (TPSA) is 100 Å². The minimum absolute atomic E-state index is 0.00206. The molecule has 1 aromatic carbocycles. The fourth-order valence-electron chi connectivity index (χ4n) is 2.58. The number of hydrogen-bond acceptors (Lipinski definition) is 6. The van der Waals surface area contributed by atoms with Crippen LogP contribution in [0.25, 0.3) is 11.4 Å². The maximum absolute atomic E-state index is 12.0. The van der Waals surface area contributed by atoms with Crippen LogP contribution in [-0.2, 0) is 11.2 Å². The van der Waals surface area contributed by atoms with Crippen molar-refractivity contribution in [1.29, 1.82) is 0 Å². The molecule has 7 nitrogen and oxygen atoms in total. The molecule has 0 fully saturated rings. The van der Waals surface area contributed by atoms with Gasteiger partial charge in [-0.2, -0.15) is 0 Å². The van der Waals surface area contributed by atoms with Crippen LogP contribution in [0.1, 0.15) is 5.56 Å². The molecule has 0 bridgehead atoms. The summed E-state index contributed by atoms with van der Waals surface area (Å²) in [4.78, 5) is 25.1. The van der Waals surface area contributed by atoms with E-state index in [1.807, 2.05) is 0 Å². The number of anilines is 3. The molecule has 1 aliphatic heterocycles. The first-order chi connectivity index (χ1) is 12.1. The van der Waals surface area contributed by atoms with Crippen LogP contribution < -0.4 is 10.6 Å². The largest absolute Gasteiger partial charge is 0.506 e. The first-order valence-corrected chi connectivity index (χ1v) is 7.84. The Morgan fingerprint density at radius 2 is 2.08 bits per heavy atom. The number of nitrogens with one attached hydrogen (secondary N) is 2. The van der Waals surface area contributed by atoms with Crippen molar-refractivity contribution in [2.24, 2.45) is 0 Å². The molecule has 0 unspecified atom stereocenters. The number of amides is 1. The van der Waals surface area contributed by atoms with E-state index in [2.05, 4.69) is 25.6 Å². The molecule has 3 N–H and O–H groups in total. The second-order valence-electron chi connectivity index (χ2n) is 5.48. The van der Waals surface area contributed by atoms with E-state index in [4.69, 9.17) is 11.6 Å². The zero-order valence-corrected chi connectivity index (χ0v) is 13.6. The van der Waals surface area contributed by atoms with Crippen LogP contribution >= 0.6 is 11.6 Å². The summed E-state index contributed by atoms with van der Waals surface area (Å²) in [6, 6.07) is 8.25. The Bertz CT molecular complexity index is 993. The Kier molecular flexibility index (Phi) is 3.70. The number of phenols is 1. The number of phenolic OH excluding ortho intramolecular Hbond substituents is 1. The number of carbonyl (C=O) groups is 1. The summed E-state index contributed by atoms with van der Waals surface area (Å²) in [5, 5.41) is 15.6.